The number of anilines is 1. The number of ether oxygens (including phenoxy) is 1. The van der Waals surface area contributed by atoms with Crippen molar-refractivity contribution in [3.8, 4) is 0 Å². The van der Waals surface area contributed by atoms with E-state index in [-0.39, 0.29) is 5.91 Å². The van der Waals surface area contributed by atoms with Gasteiger partial charge in [-0.1, -0.05) is 12.1 Å². The van der Waals surface area contributed by atoms with E-state index in [1.165, 1.54) is 5.56 Å². The van der Waals surface area contributed by atoms with Gasteiger partial charge in [-0.05, 0) is 49.7 Å². The number of carbonyl (C=O) groups is 1. The smallest absolute Gasteiger partial charge is 0.219 e. The van der Waals surface area contributed by atoms with Gasteiger partial charge in [0.2, 0.25) is 5.91 Å². The molecule has 132 valence electrons. The van der Waals surface area contributed by atoms with Gasteiger partial charge in [-0.3, -0.25) is 4.79 Å². The molecule has 1 aromatic rings. The molecule has 2 rings (SSSR count). The molecule has 5 nitrogen and oxygen atoms in total. The minimum atomic E-state index is 0.150. The first-order chi connectivity index (χ1) is 11.5. The average molecular weight is 350 g/mol. The zero-order chi connectivity index (χ0) is 17.5. The van der Waals surface area contributed by atoms with E-state index in [1.807, 2.05) is 17.0 Å². The zero-order valence-electron chi connectivity index (χ0n) is 14.7. The van der Waals surface area contributed by atoms with Gasteiger partial charge in [-0.2, -0.15) is 0 Å². The van der Waals surface area contributed by atoms with E-state index in [2.05, 4.69) is 29.3 Å². The number of hydrogen-bond donors (Lipinski definition) is 1. The number of hydrogen-bond acceptors (Lipinski definition) is 3. The fraction of sp³-hybridized carbons (Fsp3) is 0.556. The summed E-state index contributed by atoms with van der Waals surface area (Å²) in [6.45, 7) is 6.65. The molecule has 1 amide bonds. The summed E-state index contributed by atoms with van der Waals surface area (Å²) in [4.78, 5) is 15.6. The highest BCUT2D eigenvalue weighted by molar-refractivity contribution is 7.80. The lowest BCUT2D eigenvalue weighted by Crippen LogP contribution is -2.50. The second-order valence-corrected chi connectivity index (χ2v) is 6.61. The number of nitrogens with one attached hydrogen (secondary N) is 1. The number of likely N-dealkylation sites (tertiary alicyclic amines) is 1. The van der Waals surface area contributed by atoms with Crippen molar-refractivity contribution in [1.82, 2.24) is 9.80 Å². The number of carbonyl (C=O) groups excluding carboxylic acids is 1. The molecule has 0 radical (unpaired) electrons. The van der Waals surface area contributed by atoms with E-state index in [0.717, 1.165) is 43.3 Å². The Morgan fingerprint density at radius 1 is 1.42 bits per heavy atom. The van der Waals surface area contributed by atoms with E-state index in [9.17, 15) is 4.79 Å². The topological polar surface area (TPSA) is 44.8 Å². The summed E-state index contributed by atoms with van der Waals surface area (Å²) in [6, 6.07) is 8.52. The van der Waals surface area contributed by atoms with E-state index < -0.39 is 0 Å². The molecular weight excluding hydrogens is 322 g/mol. The second kappa shape index (κ2) is 8.99. The van der Waals surface area contributed by atoms with Crippen molar-refractivity contribution in [1.29, 1.82) is 0 Å². The SMILES string of the molecule is COCCN(C(=S)Nc1cccc(C)c1)C1CCN(C(C)=O)CC1. The lowest BCUT2D eigenvalue weighted by atomic mass is 10.0. The van der Waals surface area contributed by atoms with Gasteiger partial charge in [0.15, 0.2) is 5.11 Å². The Morgan fingerprint density at radius 2 is 2.12 bits per heavy atom. The van der Waals surface area contributed by atoms with Crippen molar-refractivity contribution >= 4 is 28.9 Å². The molecule has 6 heteroatoms. The molecule has 0 bridgehead atoms. The Bertz CT molecular complexity index is 571. The normalized spacial score (nSPS) is 15.2. The Balaban J connectivity index is 2.01. The number of benzene rings is 1. The van der Waals surface area contributed by atoms with Gasteiger partial charge < -0.3 is 19.9 Å². The third-order valence-electron chi connectivity index (χ3n) is 4.42. The molecule has 0 atom stereocenters. The van der Waals surface area contributed by atoms with Crippen LogP contribution in [-0.4, -0.2) is 60.2 Å². The van der Waals surface area contributed by atoms with E-state index in [0.29, 0.717) is 12.6 Å². The van der Waals surface area contributed by atoms with Crippen molar-refractivity contribution in [2.24, 2.45) is 0 Å². The number of aryl methyl sites for hydroxylation is 1. The van der Waals surface area contributed by atoms with Crippen LogP contribution in [0.25, 0.3) is 0 Å². The largest absolute Gasteiger partial charge is 0.383 e. The van der Waals surface area contributed by atoms with Gasteiger partial charge in [0.1, 0.15) is 0 Å². The molecule has 24 heavy (non-hydrogen) atoms. The summed E-state index contributed by atoms with van der Waals surface area (Å²) in [5.41, 5.74) is 2.20. The highest BCUT2D eigenvalue weighted by Gasteiger charge is 2.27. The van der Waals surface area contributed by atoms with Crippen LogP contribution in [-0.2, 0) is 9.53 Å². The summed E-state index contributed by atoms with van der Waals surface area (Å²) in [5, 5.41) is 4.07. The summed E-state index contributed by atoms with van der Waals surface area (Å²) in [5.74, 6) is 0.150. The molecule has 0 saturated carbocycles. The minimum absolute atomic E-state index is 0.150. The Hall–Kier alpha value is -1.66. The Morgan fingerprint density at radius 3 is 2.71 bits per heavy atom. The molecule has 0 spiro atoms. The van der Waals surface area contributed by atoms with Gasteiger partial charge in [0, 0.05) is 45.4 Å². The quantitative estimate of drug-likeness (QED) is 0.828. The Kier molecular flexibility index (Phi) is 6.99. The van der Waals surface area contributed by atoms with Crippen LogP contribution in [0.2, 0.25) is 0 Å². The molecule has 0 aliphatic carbocycles. The fourth-order valence-electron chi connectivity index (χ4n) is 3.05. The second-order valence-electron chi connectivity index (χ2n) is 6.22. The van der Waals surface area contributed by atoms with Gasteiger partial charge in [-0.15, -0.1) is 0 Å². The minimum Gasteiger partial charge on any atom is -0.383 e. The van der Waals surface area contributed by atoms with Crippen LogP contribution in [0.1, 0.15) is 25.3 Å². The molecule has 1 aromatic carbocycles. The lowest BCUT2D eigenvalue weighted by Gasteiger charge is -2.39. The first kappa shape index (κ1) is 18.7. The van der Waals surface area contributed by atoms with Crippen molar-refractivity contribution in [2.75, 3.05) is 38.7 Å². The number of piperidine rings is 1. The molecule has 1 saturated heterocycles. The van der Waals surface area contributed by atoms with E-state index in [1.54, 1.807) is 14.0 Å². The maximum atomic E-state index is 11.5. The van der Waals surface area contributed by atoms with Crippen LogP contribution in [0.3, 0.4) is 0 Å². The zero-order valence-corrected chi connectivity index (χ0v) is 15.6. The predicted octanol–water partition coefficient (Wildman–Crippen LogP) is 2.65. The predicted molar refractivity (Wildman–Crippen MR) is 101 cm³/mol. The third kappa shape index (κ3) is 5.18. The van der Waals surface area contributed by atoms with Gasteiger partial charge in [-0.25, -0.2) is 0 Å². The third-order valence-corrected chi connectivity index (χ3v) is 4.75. The van der Waals surface area contributed by atoms with Gasteiger partial charge >= 0.3 is 0 Å². The first-order valence-corrected chi connectivity index (χ1v) is 8.81. The van der Waals surface area contributed by atoms with Crippen molar-refractivity contribution < 1.29 is 9.53 Å². The average Bonchev–Trinajstić information content (AvgIpc) is 2.55. The van der Waals surface area contributed by atoms with Gasteiger partial charge in [0.05, 0.1) is 6.61 Å². The molecular formula is C18H27N3O2S. The van der Waals surface area contributed by atoms with Crippen LogP contribution in [0.5, 0.6) is 0 Å². The summed E-state index contributed by atoms with van der Waals surface area (Å²) >= 11 is 5.65. The van der Waals surface area contributed by atoms with Crippen LogP contribution in [0, 0.1) is 6.92 Å². The van der Waals surface area contributed by atoms with Gasteiger partial charge in [0.25, 0.3) is 0 Å². The molecule has 1 heterocycles. The summed E-state index contributed by atoms with van der Waals surface area (Å²) in [7, 11) is 1.70. The lowest BCUT2D eigenvalue weighted by molar-refractivity contribution is -0.130. The molecule has 0 unspecified atom stereocenters. The van der Waals surface area contributed by atoms with Crippen molar-refractivity contribution in [3.05, 3.63) is 29.8 Å². The van der Waals surface area contributed by atoms with Crippen LogP contribution < -0.4 is 5.32 Å². The Labute approximate surface area is 150 Å². The maximum Gasteiger partial charge on any atom is 0.219 e. The fourth-order valence-corrected chi connectivity index (χ4v) is 3.41. The van der Waals surface area contributed by atoms with Crippen LogP contribution >= 0.6 is 12.2 Å². The van der Waals surface area contributed by atoms with Crippen molar-refractivity contribution in [2.45, 2.75) is 32.7 Å². The van der Waals surface area contributed by atoms with Crippen LogP contribution in [0.15, 0.2) is 24.3 Å². The van der Waals surface area contributed by atoms with Crippen molar-refractivity contribution in [3.63, 3.8) is 0 Å². The summed E-state index contributed by atoms with van der Waals surface area (Å²) < 4.78 is 5.25. The number of rotatable bonds is 5. The monoisotopic (exact) mass is 349 g/mol. The number of thiocarbonyl (C=S) groups is 1. The number of amides is 1. The van der Waals surface area contributed by atoms with Crippen LogP contribution in [0.4, 0.5) is 5.69 Å². The first-order valence-electron chi connectivity index (χ1n) is 8.40. The highest BCUT2D eigenvalue weighted by atomic mass is 32.1. The van der Waals surface area contributed by atoms with E-state index >= 15 is 0 Å². The highest BCUT2D eigenvalue weighted by Crippen LogP contribution is 2.19. The maximum absolute atomic E-state index is 11.5. The number of nitrogens with zero attached hydrogens (tertiary/aromatic N) is 2. The number of methoxy groups -OCH3 is 1. The molecule has 0 aromatic heterocycles. The molecule has 1 fully saturated rings. The van der Waals surface area contributed by atoms with E-state index in [4.69, 9.17) is 17.0 Å². The molecule has 1 N–H and O–H groups in total. The molecule has 1 aliphatic rings. The summed E-state index contributed by atoms with van der Waals surface area (Å²) in [6.07, 6.45) is 1.86. The standard InChI is InChI=1S/C18H27N3O2S/c1-14-5-4-6-16(13-14)19-18(24)21(11-12-23-3)17-7-9-20(10-8-17)15(2)22/h4-6,13,17H,7-12H2,1-3H3,(H,19,24). The molecule has 1 aliphatic heterocycles.